The Morgan fingerprint density at radius 2 is 1.91 bits per heavy atom. The van der Waals surface area contributed by atoms with Crippen LogP contribution in [0.5, 0.6) is 0 Å². The molecule has 0 aromatic heterocycles. The van der Waals surface area contributed by atoms with E-state index in [2.05, 4.69) is 10.0 Å². The Morgan fingerprint density at radius 1 is 1.30 bits per heavy atom. The molecule has 2 rings (SSSR count). The van der Waals surface area contributed by atoms with Crippen LogP contribution >= 0.6 is 11.6 Å². The van der Waals surface area contributed by atoms with Crippen molar-refractivity contribution >= 4 is 21.6 Å². The van der Waals surface area contributed by atoms with E-state index in [0.717, 1.165) is 38.1 Å². The lowest BCUT2D eigenvalue weighted by atomic mass is 9.81. The molecule has 1 aliphatic heterocycles. The highest BCUT2D eigenvalue weighted by Crippen LogP contribution is 2.36. The van der Waals surface area contributed by atoms with E-state index >= 15 is 0 Å². The van der Waals surface area contributed by atoms with Gasteiger partial charge in [-0.25, -0.2) is 13.1 Å². The Morgan fingerprint density at radius 3 is 2.48 bits per heavy atom. The van der Waals surface area contributed by atoms with Crippen LogP contribution in [0, 0.1) is 5.41 Å². The molecule has 0 atom stereocenters. The fraction of sp³-hybridized carbons (Fsp3) is 0.571. The quantitative estimate of drug-likeness (QED) is 0.856. The summed E-state index contributed by atoms with van der Waals surface area (Å²) in [5.41, 5.74) is -1.53. The van der Waals surface area contributed by atoms with Crippen LogP contribution in [0.2, 0.25) is 5.02 Å². The van der Waals surface area contributed by atoms with Crippen molar-refractivity contribution in [3.8, 4) is 0 Å². The number of sulfonamides is 1. The lowest BCUT2D eigenvalue weighted by Crippen LogP contribution is -2.43. The van der Waals surface area contributed by atoms with E-state index in [1.54, 1.807) is 0 Å². The summed E-state index contributed by atoms with van der Waals surface area (Å²) in [6.07, 6.45) is -3.29. The molecule has 0 spiro atoms. The van der Waals surface area contributed by atoms with Crippen molar-refractivity contribution in [2.45, 2.75) is 30.8 Å². The summed E-state index contributed by atoms with van der Waals surface area (Å²) in [7, 11) is -4.28. The molecule has 0 bridgehead atoms. The zero-order valence-electron chi connectivity index (χ0n) is 12.5. The van der Waals surface area contributed by atoms with Crippen molar-refractivity contribution in [2.75, 3.05) is 19.6 Å². The lowest BCUT2D eigenvalue weighted by molar-refractivity contribution is -0.139. The topological polar surface area (TPSA) is 58.2 Å². The van der Waals surface area contributed by atoms with E-state index in [0.29, 0.717) is 6.07 Å². The van der Waals surface area contributed by atoms with E-state index in [1.165, 1.54) is 0 Å². The highest BCUT2D eigenvalue weighted by atomic mass is 35.5. The SMILES string of the molecule is CC1(CNS(=O)(=O)c2ccc(Cl)cc2C(F)(F)F)CCNCC1. The maximum absolute atomic E-state index is 13.1. The average molecular weight is 371 g/mol. The summed E-state index contributed by atoms with van der Waals surface area (Å²) < 4.78 is 66.2. The van der Waals surface area contributed by atoms with E-state index in [9.17, 15) is 21.6 Å². The Labute approximate surface area is 138 Å². The normalized spacial score (nSPS) is 18.8. The molecular weight excluding hydrogens is 353 g/mol. The predicted molar refractivity (Wildman–Crippen MR) is 81.9 cm³/mol. The predicted octanol–water partition coefficient (Wildman–Crippen LogP) is 3.03. The molecule has 9 heteroatoms. The van der Waals surface area contributed by atoms with Crippen molar-refractivity contribution in [3.63, 3.8) is 0 Å². The van der Waals surface area contributed by atoms with E-state index in [-0.39, 0.29) is 17.0 Å². The minimum absolute atomic E-state index is 0.0942. The molecule has 1 aromatic rings. The first-order valence-corrected chi connectivity index (χ1v) is 8.97. The first-order chi connectivity index (χ1) is 10.5. The third-order valence-electron chi connectivity index (χ3n) is 4.04. The minimum atomic E-state index is -4.80. The Balaban J connectivity index is 2.26. The van der Waals surface area contributed by atoms with Gasteiger partial charge in [-0.15, -0.1) is 0 Å². The van der Waals surface area contributed by atoms with E-state index in [4.69, 9.17) is 11.6 Å². The monoisotopic (exact) mass is 370 g/mol. The van der Waals surface area contributed by atoms with Crippen LogP contribution in [0.25, 0.3) is 0 Å². The van der Waals surface area contributed by atoms with Gasteiger partial charge in [-0.2, -0.15) is 13.2 Å². The molecule has 4 nitrogen and oxygen atoms in total. The van der Waals surface area contributed by atoms with Crippen LogP contribution < -0.4 is 10.0 Å². The molecular formula is C14H18ClF3N2O2S. The Hall–Kier alpha value is -0.830. The Bertz CT molecular complexity index is 671. The highest BCUT2D eigenvalue weighted by Gasteiger charge is 2.38. The zero-order valence-corrected chi connectivity index (χ0v) is 14.1. The first kappa shape index (κ1) is 18.5. The van der Waals surface area contributed by atoms with Crippen LogP contribution in [-0.4, -0.2) is 28.1 Å². The third-order valence-corrected chi connectivity index (χ3v) is 5.73. The van der Waals surface area contributed by atoms with Gasteiger partial charge in [0.15, 0.2) is 0 Å². The molecule has 23 heavy (non-hydrogen) atoms. The van der Waals surface area contributed by atoms with Gasteiger partial charge in [-0.3, -0.25) is 0 Å². The fourth-order valence-electron chi connectivity index (χ4n) is 2.51. The summed E-state index contributed by atoms with van der Waals surface area (Å²) in [6, 6.07) is 2.65. The van der Waals surface area contributed by atoms with Gasteiger partial charge in [-0.1, -0.05) is 18.5 Å². The van der Waals surface area contributed by atoms with Crippen LogP contribution in [0.1, 0.15) is 25.3 Å². The maximum Gasteiger partial charge on any atom is 0.417 e. The second kappa shape index (κ2) is 6.58. The highest BCUT2D eigenvalue weighted by molar-refractivity contribution is 7.89. The first-order valence-electron chi connectivity index (χ1n) is 7.11. The summed E-state index contributed by atoms with van der Waals surface area (Å²) in [6.45, 7) is 3.53. The average Bonchev–Trinajstić information content (AvgIpc) is 2.45. The van der Waals surface area contributed by atoms with Gasteiger partial charge in [0, 0.05) is 11.6 Å². The molecule has 0 amide bonds. The lowest BCUT2D eigenvalue weighted by Gasteiger charge is -2.34. The third kappa shape index (κ3) is 4.59. The molecule has 1 fully saturated rings. The molecule has 1 heterocycles. The van der Waals surface area contributed by atoms with Gasteiger partial charge < -0.3 is 5.32 Å². The molecule has 0 aliphatic carbocycles. The number of piperidine rings is 1. The summed E-state index contributed by atoms with van der Waals surface area (Å²) in [5, 5.41) is 3.00. The summed E-state index contributed by atoms with van der Waals surface area (Å²) in [4.78, 5) is -0.799. The van der Waals surface area contributed by atoms with Crippen molar-refractivity contribution < 1.29 is 21.6 Å². The molecule has 2 N–H and O–H groups in total. The molecule has 1 aromatic carbocycles. The van der Waals surface area contributed by atoms with Gasteiger partial charge in [-0.05, 0) is 49.5 Å². The number of benzene rings is 1. The molecule has 0 saturated carbocycles. The van der Waals surface area contributed by atoms with Crippen LogP contribution in [0.3, 0.4) is 0 Å². The zero-order chi connectivity index (χ0) is 17.3. The van der Waals surface area contributed by atoms with Crippen molar-refractivity contribution in [3.05, 3.63) is 28.8 Å². The van der Waals surface area contributed by atoms with Crippen molar-refractivity contribution in [1.29, 1.82) is 0 Å². The summed E-state index contributed by atoms with van der Waals surface area (Å²) >= 11 is 5.57. The van der Waals surface area contributed by atoms with E-state index < -0.39 is 26.7 Å². The van der Waals surface area contributed by atoms with Crippen molar-refractivity contribution in [1.82, 2.24) is 10.0 Å². The Kier molecular flexibility index (Phi) is 5.30. The number of hydrogen-bond acceptors (Lipinski definition) is 3. The summed E-state index contributed by atoms with van der Waals surface area (Å²) in [5.74, 6) is 0. The van der Waals surface area contributed by atoms with Gasteiger partial charge in [0.05, 0.1) is 10.5 Å². The van der Waals surface area contributed by atoms with Gasteiger partial charge in [0.25, 0.3) is 0 Å². The van der Waals surface area contributed by atoms with E-state index in [1.807, 2.05) is 6.92 Å². The standard InChI is InChI=1S/C14H18ClF3N2O2S/c1-13(4-6-19-7-5-13)9-20-23(21,22)12-3-2-10(15)8-11(12)14(16,17)18/h2-3,8,19-20H,4-7,9H2,1H3. The fourth-order valence-corrected chi connectivity index (χ4v) is 4.09. The number of alkyl halides is 3. The largest absolute Gasteiger partial charge is 0.417 e. The van der Waals surface area contributed by atoms with Crippen molar-refractivity contribution in [2.24, 2.45) is 5.41 Å². The number of nitrogens with one attached hydrogen (secondary N) is 2. The van der Waals surface area contributed by atoms with Crippen LogP contribution in [-0.2, 0) is 16.2 Å². The van der Waals surface area contributed by atoms with Gasteiger partial charge in [0.1, 0.15) is 0 Å². The molecule has 0 radical (unpaired) electrons. The molecule has 0 unspecified atom stereocenters. The molecule has 1 aliphatic rings. The van der Waals surface area contributed by atoms with Crippen LogP contribution in [0.15, 0.2) is 23.1 Å². The second-order valence-corrected chi connectivity index (χ2v) is 8.20. The van der Waals surface area contributed by atoms with Crippen LogP contribution in [0.4, 0.5) is 13.2 Å². The smallest absolute Gasteiger partial charge is 0.317 e. The second-order valence-electron chi connectivity index (χ2n) is 6.02. The maximum atomic E-state index is 13.1. The minimum Gasteiger partial charge on any atom is -0.317 e. The number of rotatable bonds is 4. The van der Waals surface area contributed by atoms with Gasteiger partial charge in [0.2, 0.25) is 10.0 Å². The molecule has 130 valence electrons. The van der Waals surface area contributed by atoms with Gasteiger partial charge >= 0.3 is 6.18 Å². The molecule has 1 saturated heterocycles. The number of hydrogen-bond donors (Lipinski definition) is 2. The number of halogens is 4.